The van der Waals surface area contributed by atoms with Gasteiger partial charge in [-0.15, -0.1) is 0 Å². The monoisotopic (exact) mass is 310 g/mol. The molecule has 2 unspecified atom stereocenters. The zero-order chi connectivity index (χ0) is 15.9. The van der Waals surface area contributed by atoms with Crippen LogP contribution in [0.3, 0.4) is 0 Å². The number of aliphatic hydroxyl groups excluding tert-OH is 1. The summed E-state index contributed by atoms with van der Waals surface area (Å²) in [6.45, 7) is 5.11. The molecule has 0 aromatic rings. The lowest BCUT2D eigenvalue weighted by Crippen LogP contribution is -2.49. The number of alkyl halides is 3. The van der Waals surface area contributed by atoms with E-state index in [1.165, 1.54) is 4.90 Å². The van der Waals surface area contributed by atoms with Crippen molar-refractivity contribution in [2.45, 2.75) is 45.7 Å². The van der Waals surface area contributed by atoms with Crippen LogP contribution in [0.5, 0.6) is 0 Å². The number of nitrogens with zero attached hydrogens (tertiary/aromatic N) is 1. The first kappa shape index (κ1) is 18.7. The molecule has 2 N–H and O–H groups in total. The molecule has 0 heterocycles. The summed E-state index contributed by atoms with van der Waals surface area (Å²) in [5.74, 6) is 0.555. The highest BCUT2D eigenvalue weighted by Gasteiger charge is 2.39. The minimum Gasteiger partial charge on any atom is -0.395 e. The SMILES string of the molecule is CCNCC1(CN(CCO)CC(F)(F)F)CCCC(C)C1. The summed E-state index contributed by atoms with van der Waals surface area (Å²) in [6, 6.07) is 0. The highest BCUT2D eigenvalue weighted by atomic mass is 19.4. The van der Waals surface area contributed by atoms with E-state index in [1.54, 1.807) is 0 Å². The molecule has 2 atom stereocenters. The molecule has 1 rings (SSSR count). The second-order valence-corrected chi connectivity index (χ2v) is 6.53. The Bertz CT molecular complexity index is 299. The van der Waals surface area contributed by atoms with E-state index in [0.717, 1.165) is 38.8 Å². The van der Waals surface area contributed by atoms with Gasteiger partial charge in [-0.2, -0.15) is 13.2 Å². The van der Waals surface area contributed by atoms with E-state index in [2.05, 4.69) is 12.2 Å². The predicted octanol–water partition coefficient (Wildman–Crippen LogP) is 2.65. The standard InChI is InChI=1S/C15H29F3N2O/c1-3-19-10-14(6-4-5-13(2)9-14)11-20(7-8-21)12-15(16,17)18/h13,19,21H,3-12H2,1-2H3. The lowest BCUT2D eigenvalue weighted by atomic mass is 9.69. The lowest BCUT2D eigenvalue weighted by molar-refractivity contribution is -0.151. The summed E-state index contributed by atoms with van der Waals surface area (Å²) in [7, 11) is 0. The van der Waals surface area contributed by atoms with E-state index in [1.807, 2.05) is 6.92 Å². The minimum absolute atomic E-state index is 0.0851. The molecule has 6 heteroatoms. The first-order chi connectivity index (χ1) is 9.80. The van der Waals surface area contributed by atoms with Crippen LogP contribution >= 0.6 is 0 Å². The minimum atomic E-state index is -4.21. The van der Waals surface area contributed by atoms with Gasteiger partial charge in [0.2, 0.25) is 0 Å². The largest absolute Gasteiger partial charge is 0.401 e. The number of nitrogens with one attached hydrogen (secondary N) is 1. The maximum absolute atomic E-state index is 12.7. The Labute approximate surface area is 125 Å². The van der Waals surface area contributed by atoms with Crippen LogP contribution in [0, 0.1) is 11.3 Å². The molecule has 0 aromatic carbocycles. The molecule has 0 saturated heterocycles. The Hall–Kier alpha value is -0.330. The lowest BCUT2D eigenvalue weighted by Gasteiger charge is -2.43. The number of halogens is 3. The highest BCUT2D eigenvalue weighted by molar-refractivity contribution is 4.90. The van der Waals surface area contributed by atoms with Gasteiger partial charge in [0.05, 0.1) is 13.2 Å². The van der Waals surface area contributed by atoms with Gasteiger partial charge in [-0.05, 0) is 30.7 Å². The van der Waals surface area contributed by atoms with E-state index in [0.29, 0.717) is 12.5 Å². The quantitative estimate of drug-likeness (QED) is 0.723. The smallest absolute Gasteiger partial charge is 0.395 e. The van der Waals surface area contributed by atoms with Crippen molar-refractivity contribution in [2.75, 3.05) is 39.3 Å². The van der Waals surface area contributed by atoms with Gasteiger partial charge in [0, 0.05) is 19.6 Å². The summed E-state index contributed by atoms with van der Waals surface area (Å²) in [4.78, 5) is 1.37. The number of hydrogen-bond donors (Lipinski definition) is 2. The summed E-state index contributed by atoms with van der Waals surface area (Å²) in [5.41, 5.74) is -0.103. The molecule has 0 bridgehead atoms. The molecule has 3 nitrogen and oxygen atoms in total. The average molecular weight is 310 g/mol. The molecule has 1 fully saturated rings. The van der Waals surface area contributed by atoms with Crippen molar-refractivity contribution in [3.05, 3.63) is 0 Å². The van der Waals surface area contributed by atoms with Crippen LogP contribution in [0.4, 0.5) is 13.2 Å². The molecule has 126 valence electrons. The van der Waals surface area contributed by atoms with Gasteiger partial charge in [-0.3, -0.25) is 4.90 Å². The summed E-state index contributed by atoms with van der Waals surface area (Å²) < 4.78 is 38.1. The second kappa shape index (κ2) is 8.34. The van der Waals surface area contributed by atoms with Crippen LogP contribution in [-0.2, 0) is 0 Å². The summed E-state index contributed by atoms with van der Waals surface area (Å²) >= 11 is 0. The van der Waals surface area contributed by atoms with Gasteiger partial charge in [-0.1, -0.05) is 26.7 Å². The normalized spacial score (nSPS) is 27.3. The highest BCUT2D eigenvalue weighted by Crippen LogP contribution is 2.40. The molecule has 0 spiro atoms. The molecule has 0 aromatic heterocycles. The topological polar surface area (TPSA) is 35.5 Å². The third-order valence-electron chi connectivity index (χ3n) is 4.31. The van der Waals surface area contributed by atoms with Crippen molar-refractivity contribution in [1.29, 1.82) is 0 Å². The molecule has 0 radical (unpaired) electrons. The fraction of sp³-hybridized carbons (Fsp3) is 1.00. The van der Waals surface area contributed by atoms with Gasteiger partial charge in [0.15, 0.2) is 0 Å². The Morgan fingerprint density at radius 1 is 1.38 bits per heavy atom. The van der Waals surface area contributed by atoms with E-state index in [-0.39, 0.29) is 18.6 Å². The second-order valence-electron chi connectivity index (χ2n) is 6.53. The van der Waals surface area contributed by atoms with Crippen molar-refractivity contribution in [3.63, 3.8) is 0 Å². The van der Waals surface area contributed by atoms with Crippen molar-refractivity contribution in [3.8, 4) is 0 Å². The maximum Gasteiger partial charge on any atom is 0.401 e. The summed E-state index contributed by atoms with van der Waals surface area (Å²) in [5, 5.41) is 12.4. The third kappa shape index (κ3) is 6.98. The summed E-state index contributed by atoms with van der Waals surface area (Å²) in [6.07, 6.45) is -0.0581. The van der Waals surface area contributed by atoms with Gasteiger partial charge in [-0.25, -0.2) is 0 Å². The number of rotatable bonds is 8. The van der Waals surface area contributed by atoms with Crippen LogP contribution in [0.1, 0.15) is 39.5 Å². The Morgan fingerprint density at radius 3 is 2.62 bits per heavy atom. The molecule has 1 saturated carbocycles. The molecule has 1 aliphatic carbocycles. The van der Waals surface area contributed by atoms with Crippen LogP contribution < -0.4 is 5.32 Å². The zero-order valence-electron chi connectivity index (χ0n) is 13.2. The van der Waals surface area contributed by atoms with Gasteiger partial charge < -0.3 is 10.4 Å². The zero-order valence-corrected chi connectivity index (χ0v) is 13.2. The van der Waals surface area contributed by atoms with Crippen molar-refractivity contribution in [2.24, 2.45) is 11.3 Å². The Kier molecular flexibility index (Phi) is 7.44. The Morgan fingerprint density at radius 2 is 2.10 bits per heavy atom. The van der Waals surface area contributed by atoms with Crippen LogP contribution in [0.25, 0.3) is 0 Å². The molecule has 0 amide bonds. The van der Waals surface area contributed by atoms with E-state index in [4.69, 9.17) is 5.11 Å². The Balaban J connectivity index is 2.75. The fourth-order valence-electron chi connectivity index (χ4n) is 3.60. The molecule has 0 aliphatic heterocycles. The van der Waals surface area contributed by atoms with Crippen LogP contribution in [0.2, 0.25) is 0 Å². The van der Waals surface area contributed by atoms with Crippen LogP contribution in [-0.4, -0.2) is 55.5 Å². The van der Waals surface area contributed by atoms with Crippen LogP contribution in [0.15, 0.2) is 0 Å². The molecule has 1 aliphatic rings. The van der Waals surface area contributed by atoms with Crippen molar-refractivity contribution in [1.82, 2.24) is 10.2 Å². The predicted molar refractivity (Wildman–Crippen MR) is 78.2 cm³/mol. The molecular weight excluding hydrogens is 281 g/mol. The first-order valence-electron chi connectivity index (χ1n) is 7.91. The number of hydrogen-bond acceptors (Lipinski definition) is 3. The van der Waals surface area contributed by atoms with E-state index < -0.39 is 12.7 Å². The van der Waals surface area contributed by atoms with Gasteiger partial charge in [0.25, 0.3) is 0 Å². The molecular formula is C15H29F3N2O. The first-order valence-corrected chi connectivity index (χ1v) is 7.91. The van der Waals surface area contributed by atoms with Crippen molar-refractivity contribution >= 4 is 0 Å². The van der Waals surface area contributed by atoms with Gasteiger partial charge in [0.1, 0.15) is 0 Å². The number of aliphatic hydroxyl groups is 1. The van der Waals surface area contributed by atoms with Gasteiger partial charge >= 0.3 is 6.18 Å². The molecule has 21 heavy (non-hydrogen) atoms. The third-order valence-corrected chi connectivity index (χ3v) is 4.31. The van der Waals surface area contributed by atoms with E-state index >= 15 is 0 Å². The van der Waals surface area contributed by atoms with E-state index in [9.17, 15) is 13.2 Å². The van der Waals surface area contributed by atoms with Crippen molar-refractivity contribution < 1.29 is 18.3 Å². The average Bonchev–Trinajstić information content (AvgIpc) is 2.34. The maximum atomic E-state index is 12.7. The fourth-order valence-corrected chi connectivity index (χ4v) is 3.60.